The Morgan fingerprint density at radius 1 is 1.36 bits per heavy atom. The van der Waals surface area contributed by atoms with Gasteiger partial charge in [-0.1, -0.05) is 34.7 Å². The lowest BCUT2D eigenvalue weighted by atomic mass is 10.1. The van der Waals surface area contributed by atoms with Gasteiger partial charge in [0.2, 0.25) is 0 Å². The fraction of sp³-hybridized carbons (Fsp3) is 0.250. The molecule has 2 N–H and O–H groups in total. The molecule has 1 aromatic carbocycles. The van der Waals surface area contributed by atoms with Crippen LogP contribution in [0.4, 0.5) is 0 Å². The van der Waals surface area contributed by atoms with E-state index < -0.39 is 0 Å². The molecule has 1 rings (SSSR count). The lowest BCUT2D eigenvalue weighted by Crippen LogP contribution is -1.83. The van der Waals surface area contributed by atoms with Gasteiger partial charge in [0.15, 0.2) is 11.5 Å². The Labute approximate surface area is 79.0 Å². The predicted octanol–water partition coefficient (Wildman–Crippen LogP) is 2.59. The number of benzene rings is 1. The number of aromatic hydroxyl groups is 2. The molecule has 0 heterocycles. The average molecular weight is 264 g/mol. The molecule has 0 amide bonds. The van der Waals surface area contributed by atoms with Crippen molar-refractivity contribution in [3.05, 3.63) is 23.8 Å². The van der Waals surface area contributed by atoms with Crippen LogP contribution in [0.3, 0.4) is 0 Å². The maximum absolute atomic E-state index is 9.31. The maximum atomic E-state index is 9.31. The lowest BCUT2D eigenvalue weighted by Gasteiger charge is -2.06. The molecule has 11 heavy (non-hydrogen) atoms. The Hall–Kier alpha value is -0.450. The van der Waals surface area contributed by atoms with Crippen LogP contribution < -0.4 is 0 Å². The van der Waals surface area contributed by atoms with E-state index in [9.17, 15) is 5.11 Å². The molecular weight excluding hydrogens is 255 g/mol. The highest BCUT2D eigenvalue weighted by molar-refractivity contribution is 14.1. The molecular formula is C8H9IO2. The predicted molar refractivity (Wildman–Crippen MR) is 52.2 cm³/mol. The summed E-state index contributed by atoms with van der Waals surface area (Å²) in [6.45, 7) is 1.95. The van der Waals surface area contributed by atoms with Crippen molar-refractivity contribution < 1.29 is 10.2 Å². The van der Waals surface area contributed by atoms with E-state index in [-0.39, 0.29) is 15.4 Å². The monoisotopic (exact) mass is 264 g/mol. The molecule has 1 atom stereocenters. The fourth-order valence-electron chi connectivity index (χ4n) is 0.870. The summed E-state index contributed by atoms with van der Waals surface area (Å²) in [4.78, 5) is 0. The summed E-state index contributed by atoms with van der Waals surface area (Å²) < 4.78 is 0.208. The molecule has 0 spiro atoms. The van der Waals surface area contributed by atoms with Crippen LogP contribution >= 0.6 is 22.6 Å². The first-order valence-electron chi connectivity index (χ1n) is 3.28. The minimum Gasteiger partial charge on any atom is -0.504 e. The van der Waals surface area contributed by atoms with Gasteiger partial charge in [-0.3, -0.25) is 0 Å². The highest BCUT2D eigenvalue weighted by Gasteiger charge is 2.08. The molecule has 3 heteroatoms. The van der Waals surface area contributed by atoms with Gasteiger partial charge in [0.1, 0.15) is 0 Å². The van der Waals surface area contributed by atoms with Crippen molar-refractivity contribution in [2.75, 3.05) is 0 Å². The summed E-state index contributed by atoms with van der Waals surface area (Å²) in [7, 11) is 0. The Bertz CT molecular complexity index is 258. The van der Waals surface area contributed by atoms with Crippen LogP contribution in [0.15, 0.2) is 18.2 Å². The van der Waals surface area contributed by atoms with Gasteiger partial charge in [0.25, 0.3) is 0 Å². The molecule has 2 nitrogen and oxygen atoms in total. The van der Waals surface area contributed by atoms with E-state index in [1.54, 1.807) is 12.1 Å². The Balaban J connectivity index is 3.17. The number of halogens is 1. The first kappa shape index (κ1) is 8.64. The van der Waals surface area contributed by atoms with E-state index >= 15 is 0 Å². The number of hydrogen-bond acceptors (Lipinski definition) is 2. The molecule has 0 aliphatic carbocycles. The Kier molecular flexibility index (Phi) is 2.59. The number of phenols is 2. The smallest absolute Gasteiger partial charge is 0.161 e. The lowest BCUT2D eigenvalue weighted by molar-refractivity contribution is 0.400. The third kappa shape index (κ3) is 1.77. The Morgan fingerprint density at radius 3 is 2.45 bits per heavy atom. The molecule has 0 aliphatic heterocycles. The number of rotatable bonds is 1. The number of hydrogen-bond donors (Lipinski definition) is 2. The third-order valence-corrected chi connectivity index (χ3v) is 2.15. The van der Waals surface area contributed by atoms with Gasteiger partial charge in [-0.05, 0) is 13.0 Å². The molecule has 0 bridgehead atoms. The van der Waals surface area contributed by atoms with Crippen molar-refractivity contribution in [3.63, 3.8) is 0 Å². The topological polar surface area (TPSA) is 40.5 Å². The summed E-state index contributed by atoms with van der Waals surface area (Å²) in [6.07, 6.45) is 0. The normalized spacial score (nSPS) is 12.9. The molecule has 0 saturated heterocycles. The van der Waals surface area contributed by atoms with Crippen molar-refractivity contribution in [2.24, 2.45) is 0 Å². The second kappa shape index (κ2) is 3.30. The van der Waals surface area contributed by atoms with Crippen LogP contribution in [0.2, 0.25) is 0 Å². The summed E-state index contributed by atoms with van der Waals surface area (Å²) in [5.41, 5.74) is 0.769. The number of phenolic OH excluding ortho intramolecular Hbond substituents is 2. The van der Waals surface area contributed by atoms with Gasteiger partial charge < -0.3 is 10.2 Å². The van der Waals surface area contributed by atoms with Gasteiger partial charge in [0, 0.05) is 9.49 Å². The van der Waals surface area contributed by atoms with Gasteiger partial charge in [-0.15, -0.1) is 0 Å². The van der Waals surface area contributed by atoms with Crippen molar-refractivity contribution in [2.45, 2.75) is 10.8 Å². The molecule has 0 radical (unpaired) electrons. The quantitative estimate of drug-likeness (QED) is 0.465. The van der Waals surface area contributed by atoms with Gasteiger partial charge in [-0.25, -0.2) is 0 Å². The third-order valence-electron chi connectivity index (χ3n) is 1.47. The highest BCUT2D eigenvalue weighted by atomic mass is 127. The zero-order chi connectivity index (χ0) is 8.43. The Morgan fingerprint density at radius 2 is 2.00 bits per heavy atom. The highest BCUT2D eigenvalue weighted by Crippen LogP contribution is 2.35. The van der Waals surface area contributed by atoms with E-state index in [1.807, 2.05) is 6.92 Å². The van der Waals surface area contributed by atoms with Crippen molar-refractivity contribution in [1.82, 2.24) is 0 Å². The molecule has 0 aliphatic rings. The first-order valence-corrected chi connectivity index (χ1v) is 4.52. The first-order chi connectivity index (χ1) is 5.13. The van der Waals surface area contributed by atoms with Crippen molar-refractivity contribution in [3.8, 4) is 11.5 Å². The minimum atomic E-state index is -0.0500. The summed E-state index contributed by atoms with van der Waals surface area (Å²) in [5.74, 6) is -0.0552. The maximum Gasteiger partial charge on any atom is 0.161 e. The van der Waals surface area contributed by atoms with Crippen molar-refractivity contribution in [1.29, 1.82) is 0 Å². The fourth-order valence-corrected chi connectivity index (χ4v) is 1.37. The minimum absolute atomic E-state index is 0.00519. The second-order valence-electron chi connectivity index (χ2n) is 2.33. The zero-order valence-corrected chi connectivity index (χ0v) is 8.24. The van der Waals surface area contributed by atoms with Crippen LogP contribution in [0.5, 0.6) is 11.5 Å². The van der Waals surface area contributed by atoms with Crippen LogP contribution in [-0.2, 0) is 0 Å². The van der Waals surface area contributed by atoms with E-state index in [0.29, 0.717) is 0 Å². The van der Waals surface area contributed by atoms with Crippen LogP contribution in [0.25, 0.3) is 0 Å². The zero-order valence-electron chi connectivity index (χ0n) is 6.08. The number of alkyl halides is 1. The molecule has 1 aromatic rings. The standard InChI is InChI=1S/C8H9IO2/c1-5(9)6-3-2-4-7(10)8(6)11/h2-5,10-11H,1H3. The van der Waals surface area contributed by atoms with E-state index in [1.165, 1.54) is 6.07 Å². The van der Waals surface area contributed by atoms with Crippen LogP contribution in [0.1, 0.15) is 16.4 Å². The molecule has 0 saturated carbocycles. The van der Waals surface area contributed by atoms with Gasteiger partial charge in [0.05, 0.1) is 0 Å². The molecule has 60 valence electrons. The molecule has 1 unspecified atom stereocenters. The second-order valence-corrected chi connectivity index (χ2v) is 4.20. The van der Waals surface area contributed by atoms with E-state index in [0.717, 1.165) is 5.56 Å². The summed E-state index contributed by atoms with van der Waals surface area (Å²) in [5, 5.41) is 18.4. The molecule has 0 fully saturated rings. The average Bonchev–Trinajstić information content (AvgIpc) is 1.94. The van der Waals surface area contributed by atoms with Crippen LogP contribution in [-0.4, -0.2) is 10.2 Å². The summed E-state index contributed by atoms with van der Waals surface area (Å²) >= 11 is 2.18. The largest absolute Gasteiger partial charge is 0.504 e. The summed E-state index contributed by atoms with van der Waals surface area (Å²) in [6, 6.07) is 4.99. The number of para-hydroxylation sites is 1. The van der Waals surface area contributed by atoms with Gasteiger partial charge in [-0.2, -0.15) is 0 Å². The van der Waals surface area contributed by atoms with Crippen LogP contribution in [0, 0.1) is 0 Å². The molecule has 0 aromatic heterocycles. The van der Waals surface area contributed by atoms with E-state index in [2.05, 4.69) is 22.6 Å². The van der Waals surface area contributed by atoms with Crippen molar-refractivity contribution >= 4 is 22.6 Å². The van der Waals surface area contributed by atoms with E-state index in [4.69, 9.17) is 5.11 Å². The SMILES string of the molecule is CC(I)c1cccc(O)c1O. The van der Waals surface area contributed by atoms with Gasteiger partial charge >= 0.3 is 0 Å².